The molecule has 100 valence electrons. The van der Waals surface area contributed by atoms with Crippen LogP contribution in [-0.4, -0.2) is 16.2 Å². The highest BCUT2D eigenvalue weighted by Crippen LogP contribution is 2.27. The van der Waals surface area contributed by atoms with Gasteiger partial charge in [-0.15, -0.1) is 0 Å². The molecule has 0 bridgehead atoms. The second kappa shape index (κ2) is 7.04. The van der Waals surface area contributed by atoms with Crippen LogP contribution in [0.3, 0.4) is 0 Å². The molecule has 0 radical (unpaired) electrons. The van der Waals surface area contributed by atoms with Crippen LogP contribution >= 0.6 is 0 Å². The van der Waals surface area contributed by atoms with Crippen molar-refractivity contribution in [3.63, 3.8) is 0 Å². The first-order chi connectivity index (χ1) is 8.60. The SMILES string of the molecule is CCCCc1cc(CCCC)c(O)c(C(=O)O)c1. The summed E-state index contributed by atoms with van der Waals surface area (Å²) in [5.41, 5.74) is 1.82. The van der Waals surface area contributed by atoms with Crippen LogP contribution in [0.1, 0.15) is 61.0 Å². The van der Waals surface area contributed by atoms with Crippen molar-refractivity contribution in [2.45, 2.75) is 52.4 Å². The van der Waals surface area contributed by atoms with Crippen LogP contribution in [0, 0.1) is 0 Å². The molecular formula is C15H22O3. The Balaban J connectivity index is 3.06. The average molecular weight is 250 g/mol. The number of aromatic hydroxyl groups is 1. The highest BCUT2D eigenvalue weighted by atomic mass is 16.4. The van der Waals surface area contributed by atoms with Gasteiger partial charge in [0.15, 0.2) is 0 Å². The van der Waals surface area contributed by atoms with Crippen molar-refractivity contribution in [3.05, 3.63) is 28.8 Å². The molecule has 0 unspecified atom stereocenters. The third kappa shape index (κ3) is 3.76. The molecule has 0 heterocycles. The molecule has 0 aliphatic heterocycles. The number of hydrogen-bond acceptors (Lipinski definition) is 2. The monoisotopic (exact) mass is 250 g/mol. The van der Waals surface area contributed by atoms with Crippen molar-refractivity contribution in [1.82, 2.24) is 0 Å². The lowest BCUT2D eigenvalue weighted by atomic mass is 9.97. The highest BCUT2D eigenvalue weighted by Gasteiger charge is 2.15. The number of aryl methyl sites for hydroxylation is 2. The molecule has 0 aromatic heterocycles. The van der Waals surface area contributed by atoms with E-state index in [0.717, 1.165) is 49.7 Å². The van der Waals surface area contributed by atoms with E-state index in [-0.39, 0.29) is 11.3 Å². The van der Waals surface area contributed by atoms with Gasteiger partial charge in [-0.3, -0.25) is 0 Å². The third-order valence-corrected chi connectivity index (χ3v) is 3.10. The van der Waals surface area contributed by atoms with Gasteiger partial charge in [-0.05, 0) is 42.9 Å². The molecule has 1 aromatic rings. The summed E-state index contributed by atoms with van der Waals surface area (Å²) in [6, 6.07) is 3.55. The largest absolute Gasteiger partial charge is 0.507 e. The molecule has 0 spiro atoms. The molecule has 0 aliphatic rings. The van der Waals surface area contributed by atoms with E-state index < -0.39 is 5.97 Å². The fourth-order valence-electron chi connectivity index (χ4n) is 2.01. The Morgan fingerprint density at radius 2 is 1.72 bits per heavy atom. The minimum atomic E-state index is -1.05. The number of carboxylic acids is 1. The van der Waals surface area contributed by atoms with E-state index in [9.17, 15) is 9.90 Å². The van der Waals surface area contributed by atoms with Gasteiger partial charge in [0, 0.05) is 0 Å². The smallest absolute Gasteiger partial charge is 0.339 e. The van der Waals surface area contributed by atoms with E-state index in [0.29, 0.717) is 0 Å². The molecule has 0 saturated carbocycles. The number of carboxylic acid groups (broad SMARTS) is 1. The van der Waals surface area contributed by atoms with E-state index >= 15 is 0 Å². The molecule has 0 fully saturated rings. The summed E-state index contributed by atoms with van der Waals surface area (Å²) in [4.78, 5) is 11.1. The van der Waals surface area contributed by atoms with Crippen molar-refractivity contribution >= 4 is 5.97 Å². The lowest BCUT2D eigenvalue weighted by Gasteiger charge is -2.10. The van der Waals surface area contributed by atoms with Crippen molar-refractivity contribution in [1.29, 1.82) is 0 Å². The number of aromatic carboxylic acids is 1. The second-order valence-corrected chi connectivity index (χ2v) is 4.66. The van der Waals surface area contributed by atoms with Gasteiger partial charge in [0.2, 0.25) is 0 Å². The molecule has 0 atom stereocenters. The Labute approximate surface area is 108 Å². The van der Waals surface area contributed by atoms with Crippen molar-refractivity contribution < 1.29 is 15.0 Å². The van der Waals surface area contributed by atoms with Crippen LogP contribution in [0.2, 0.25) is 0 Å². The predicted molar refractivity (Wildman–Crippen MR) is 72.3 cm³/mol. The molecule has 3 heteroatoms. The predicted octanol–water partition coefficient (Wildman–Crippen LogP) is 3.78. The summed E-state index contributed by atoms with van der Waals surface area (Å²) in [6.45, 7) is 4.19. The molecule has 1 aromatic carbocycles. The van der Waals surface area contributed by atoms with Gasteiger partial charge < -0.3 is 10.2 Å². The Hall–Kier alpha value is -1.51. The summed E-state index contributed by atoms with van der Waals surface area (Å²) < 4.78 is 0. The highest BCUT2D eigenvalue weighted by molar-refractivity contribution is 5.91. The maximum absolute atomic E-state index is 11.1. The van der Waals surface area contributed by atoms with Crippen LogP contribution in [0.4, 0.5) is 0 Å². The van der Waals surface area contributed by atoms with E-state index in [1.165, 1.54) is 0 Å². The fraction of sp³-hybridized carbons (Fsp3) is 0.533. The molecule has 18 heavy (non-hydrogen) atoms. The molecule has 0 amide bonds. The Morgan fingerprint density at radius 1 is 1.11 bits per heavy atom. The first-order valence-electron chi connectivity index (χ1n) is 6.68. The maximum atomic E-state index is 11.1. The average Bonchev–Trinajstić information content (AvgIpc) is 2.35. The third-order valence-electron chi connectivity index (χ3n) is 3.10. The van der Waals surface area contributed by atoms with Gasteiger partial charge in [0.05, 0.1) is 0 Å². The van der Waals surface area contributed by atoms with Crippen LogP contribution in [0.25, 0.3) is 0 Å². The van der Waals surface area contributed by atoms with E-state index in [2.05, 4.69) is 13.8 Å². The molecular weight excluding hydrogens is 228 g/mol. The number of benzene rings is 1. The van der Waals surface area contributed by atoms with Gasteiger partial charge in [-0.1, -0.05) is 32.8 Å². The van der Waals surface area contributed by atoms with Gasteiger partial charge >= 0.3 is 5.97 Å². The van der Waals surface area contributed by atoms with Gasteiger partial charge in [0.1, 0.15) is 11.3 Å². The van der Waals surface area contributed by atoms with Crippen LogP contribution in [-0.2, 0) is 12.8 Å². The number of carbonyl (C=O) groups is 1. The lowest BCUT2D eigenvalue weighted by molar-refractivity contribution is 0.0693. The lowest BCUT2D eigenvalue weighted by Crippen LogP contribution is -2.02. The standard InChI is InChI=1S/C15H22O3/c1-3-5-7-11-9-12(8-6-4-2)14(16)13(10-11)15(17)18/h9-10,16H,3-8H2,1-2H3,(H,17,18). The summed E-state index contributed by atoms with van der Waals surface area (Å²) in [5, 5.41) is 19.1. The number of hydrogen-bond donors (Lipinski definition) is 2. The second-order valence-electron chi connectivity index (χ2n) is 4.66. The number of phenols is 1. The van der Waals surface area contributed by atoms with E-state index in [4.69, 9.17) is 5.11 Å². The Morgan fingerprint density at radius 3 is 2.28 bits per heavy atom. The Bertz CT molecular complexity index is 410. The minimum Gasteiger partial charge on any atom is -0.507 e. The molecule has 2 N–H and O–H groups in total. The van der Waals surface area contributed by atoms with Crippen molar-refractivity contribution in [2.24, 2.45) is 0 Å². The summed E-state index contributed by atoms with van der Waals surface area (Å²) >= 11 is 0. The summed E-state index contributed by atoms with van der Waals surface area (Å²) in [6.07, 6.45) is 5.72. The topological polar surface area (TPSA) is 57.5 Å². The maximum Gasteiger partial charge on any atom is 0.339 e. The zero-order chi connectivity index (χ0) is 13.5. The normalized spacial score (nSPS) is 10.6. The quantitative estimate of drug-likeness (QED) is 0.774. The van der Waals surface area contributed by atoms with Gasteiger partial charge in [-0.2, -0.15) is 0 Å². The van der Waals surface area contributed by atoms with Crippen LogP contribution < -0.4 is 0 Å². The number of rotatable bonds is 7. The zero-order valence-corrected chi connectivity index (χ0v) is 11.2. The number of unbranched alkanes of at least 4 members (excludes halogenated alkanes) is 2. The first-order valence-corrected chi connectivity index (χ1v) is 6.68. The molecule has 0 aliphatic carbocycles. The van der Waals surface area contributed by atoms with E-state index in [1.54, 1.807) is 6.07 Å². The van der Waals surface area contributed by atoms with Crippen LogP contribution in [0.15, 0.2) is 12.1 Å². The summed E-state index contributed by atoms with van der Waals surface area (Å²) in [5.74, 6) is -1.11. The van der Waals surface area contributed by atoms with Crippen molar-refractivity contribution in [3.8, 4) is 5.75 Å². The molecule has 1 rings (SSSR count). The zero-order valence-electron chi connectivity index (χ0n) is 11.2. The first kappa shape index (κ1) is 14.6. The van der Waals surface area contributed by atoms with E-state index in [1.807, 2.05) is 6.07 Å². The van der Waals surface area contributed by atoms with Gasteiger partial charge in [0.25, 0.3) is 0 Å². The molecule has 3 nitrogen and oxygen atoms in total. The molecule has 0 saturated heterocycles. The van der Waals surface area contributed by atoms with Crippen molar-refractivity contribution in [2.75, 3.05) is 0 Å². The van der Waals surface area contributed by atoms with Gasteiger partial charge in [-0.25, -0.2) is 4.79 Å². The fourth-order valence-corrected chi connectivity index (χ4v) is 2.01. The summed E-state index contributed by atoms with van der Waals surface area (Å²) in [7, 11) is 0. The Kier molecular flexibility index (Phi) is 5.69. The minimum absolute atomic E-state index is 0.0368. The van der Waals surface area contributed by atoms with Crippen LogP contribution in [0.5, 0.6) is 5.75 Å².